The molecule has 1 aliphatic rings. The topological polar surface area (TPSA) is 71.3 Å². The van der Waals surface area contributed by atoms with Crippen molar-refractivity contribution in [3.63, 3.8) is 0 Å². The van der Waals surface area contributed by atoms with Gasteiger partial charge in [0.2, 0.25) is 17.6 Å². The van der Waals surface area contributed by atoms with E-state index in [0.29, 0.717) is 23.3 Å². The molecule has 0 aliphatic carbocycles. The Kier molecular flexibility index (Phi) is 6.67. The van der Waals surface area contributed by atoms with Crippen LogP contribution >= 0.6 is 23.2 Å². The molecule has 0 radical (unpaired) electrons. The van der Waals surface area contributed by atoms with E-state index in [4.69, 9.17) is 27.7 Å². The Morgan fingerprint density at radius 3 is 2.77 bits per heavy atom. The molecule has 30 heavy (non-hydrogen) atoms. The summed E-state index contributed by atoms with van der Waals surface area (Å²) in [5.41, 5.74) is 1.89. The largest absolute Gasteiger partial charge is 0.347 e. The molecule has 0 spiro atoms. The number of hydrogen-bond donors (Lipinski definition) is 1. The molecule has 8 heteroatoms. The van der Waals surface area contributed by atoms with E-state index in [1.807, 2.05) is 36.4 Å². The van der Waals surface area contributed by atoms with Crippen LogP contribution in [0.25, 0.3) is 11.4 Å². The van der Waals surface area contributed by atoms with Crippen LogP contribution in [0.15, 0.2) is 53.1 Å². The summed E-state index contributed by atoms with van der Waals surface area (Å²) in [4.78, 5) is 19.3. The van der Waals surface area contributed by atoms with E-state index < -0.39 is 0 Å². The Hall–Kier alpha value is -2.41. The normalized spacial score (nSPS) is 17.1. The highest BCUT2D eigenvalue weighted by atomic mass is 35.5. The van der Waals surface area contributed by atoms with E-state index in [0.717, 1.165) is 42.1 Å². The van der Waals surface area contributed by atoms with E-state index in [1.165, 1.54) is 0 Å². The predicted octanol–water partition coefficient (Wildman–Crippen LogP) is 4.57. The fraction of sp³-hybridized carbons (Fsp3) is 0.318. The van der Waals surface area contributed by atoms with Crippen molar-refractivity contribution in [2.75, 3.05) is 13.1 Å². The van der Waals surface area contributed by atoms with Crippen molar-refractivity contribution in [2.24, 2.45) is 5.92 Å². The molecule has 2 heterocycles. The van der Waals surface area contributed by atoms with Gasteiger partial charge in [-0.25, -0.2) is 0 Å². The van der Waals surface area contributed by atoms with Crippen molar-refractivity contribution >= 4 is 29.1 Å². The molecule has 0 bridgehead atoms. The lowest BCUT2D eigenvalue weighted by Crippen LogP contribution is -2.42. The Balaban J connectivity index is 1.30. The molecule has 3 aromatic rings. The number of benzene rings is 2. The maximum Gasteiger partial charge on any atom is 0.246 e. The van der Waals surface area contributed by atoms with E-state index >= 15 is 0 Å². The predicted molar refractivity (Wildman–Crippen MR) is 116 cm³/mol. The fourth-order valence-electron chi connectivity index (χ4n) is 3.63. The summed E-state index contributed by atoms with van der Waals surface area (Å²) < 4.78 is 5.27. The summed E-state index contributed by atoms with van der Waals surface area (Å²) >= 11 is 12.2. The Bertz CT molecular complexity index is 1010. The third kappa shape index (κ3) is 5.19. The third-order valence-electron chi connectivity index (χ3n) is 5.21. The summed E-state index contributed by atoms with van der Waals surface area (Å²) in [5, 5.41) is 8.31. The first-order chi connectivity index (χ1) is 14.6. The van der Waals surface area contributed by atoms with Crippen LogP contribution in [0.2, 0.25) is 10.0 Å². The molecule has 1 saturated heterocycles. The fourth-order valence-corrected chi connectivity index (χ4v) is 3.95. The van der Waals surface area contributed by atoms with Crippen molar-refractivity contribution in [1.29, 1.82) is 0 Å². The van der Waals surface area contributed by atoms with Gasteiger partial charge in [-0.1, -0.05) is 46.6 Å². The number of carbonyl (C=O) groups is 1. The van der Waals surface area contributed by atoms with Gasteiger partial charge in [-0.3, -0.25) is 9.69 Å². The lowest BCUT2D eigenvalue weighted by Gasteiger charge is -2.32. The lowest BCUT2D eigenvalue weighted by molar-refractivity contribution is -0.127. The zero-order valence-corrected chi connectivity index (χ0v) is 17.9. The van der Waals surface area contributed by atoms with E-state index in [9.17, 15) is 4.79 Å². The maximum absolute atomic E-state index is 12.7. The number of nitrogens with zero attached hydrogens (tertiary/aromatic N) is 3. The van der Waals surface area contributed by atoms with Gasteiger partial charge in [-0.05, 0) is 55.3 Å². The van der Waals surface area contributed by atoms with Crippen molar-refractivity contribution in [2.45, 2.75) is 25.9 Å². The molecular weight excluding hydrogens is 423 g/mol. The summed E-state index contributed by atoms with van der Waals surface area (Å²) in [6.45, 7) is 2.62. The number of hydrogen-bond acceptors (Lipinski definition) is 5. The molecule has 1 aliphatic heterocycles. The SMILES string of the molecule is O=C(NCc1nc(-c2ccc(Cl)cc2)no1)C1CCCN(Cc2ccccc2Cl)C1. The quantitative estimate of drug-likeness (QED) is 0.602. The van der Waals surface area contributed by atoms with Crippen molar-refractivity contribution < 1.29 is 9.32 Å². The zero-order chi connectivity index (χ0) is 20.9. The molecule has 156 valence electrons. The summed E-state index contributed by atoms with van der Waals surface area (Å²) in [5.74, 6) is 0.779. The summed E-state index contributed by atoms with van der Waals surface area (Å²) in [6, 6.07) is 15.0. The average Bonchev–Trinajstić information content (AvgIpc) is 3.23. The van der Waals surface area contributed by atoms with Gasteiger partial charge in [0.15, 0.2) is 0 Å². The monoisotopic (exact) mass is 444 g/mol. The molecule has 1 N–H and O–H groups in total. The minimum Gasteiger partial charge on any atom is -0.347 e. The number of aromatic nitrogens is 2. The molecule has 1 aromatic heterocycles. The van der Waals surface area contributed by atoms with Gasteiger partial charge in [0.05, 0.1) is 12.5 Å². The van der Waals surface area contributed by atoms with Crippen LogP contribution in [0, 0.1) is 5.92 Å². The minimum atomic E-state index is -0.0695. The summed E-state index contributed by atoms with van der Waals surface area (Å²) in [6.07, 6.45) is 1.84. The highest BCUT2D eigenvalue weighted by Crippen LogP contribution is 2.23. The molecule has 0 saturated carbocycles. The van der Waals surface area contributed by atoms with Gasteiger partial charge in [-0.2, -0.15) is 4.98 Å². The number of nitrogens with one attached hydrogen (secondary N) is 1. The van der Waals surface area contributed by atoms with Crippen molar-refractivity contribution in [1.82, 2.24) is 20.4 Å². The molecule has 1 atom stereocenters. The highest BCUT2D eigenvalue weighted by Gasteiger charge is 2.26. The number of likely N-dealkylation sites (tertiary alicyclic amines) is 1. The molecule has 2 aromatic carbocycles. The molecule has 1 fully saturated rings. The number of rotatable bonds is 6. The van der Waals surface area contributed by atoms with Crippen molar-refractivity contribution in [3.8, 4) is 11.4 Å². The number of amides is 1. The molecule has 6 nitrogen and oxygen atoms in total. The van der Waals surface area contributed by atoms with Gasteiger partial charge in [-0.15, -0.1) is 0 Å². The second-order valence-electron chi connectivity index (χ2n) is 7.40. The number of halogens is 2. The van der Waals surface area contributed by atoms with E-state index in [-0.39, 0.29) is 18.4 Å². The Morgan fingerprint density at radius 1 is 1.17 bits per heavy atom. The van der Waals surface area contributed by atoms with Crippen LogP contribution in [0.3, 0.4) is 0 Å². The molecule has 4 rings (SSSR count). The maximum atomic E-state index is 12.7. The average molecular weight is 445 g/mol. The first-order valence-electron chi connectivity index (χ1n) is 9.90. The van der Waals surface area contributed by atoms with Crippen LogP contribution in [0.4, 0.5) is 0 Å². The number of piperidine rings is 1. The standard InChI is InChI=1S/C22H22Cl2N4O2/c23-18-9-7-15(8-10-18)21-26-20(30-27-21)12-25-22(29)17-5-3-11-28(14-17)13-16-4-1-2-6-19(16)24/h1-2,4,6-10,17H,3,5,11-14H2,(H,25,29). The first kappa shape index (κ1) is 20.8. The Labute approximate surface area is 185 Å². The minimum absolute atomic E-state index is 0.00472. The number of carbonyl (C=O) groups excluding carboxylic acids is 1. The first-order valence-corrected chi connectivity index (χ1v) is 10.7. The van der Waals surface area contributed by atoms with Gasteiger partial charge in [0.25, 0.3) is 0 Å². The van der Waals surface area contributed by atoms with Crippen LogP contribution in [-0.2, 0) is 17.9 Å². The lowest BCUT2D eigenvalue weighted by atomic mass is 9.96. The molecule has 1 unspecified atom stereocenters. The van der Waals surface area contributed by atoms with Gasteiger partial charge in [0.1, 0.15) is 0 Å². The molecular formula is C22H22Cl2N4O2. The summed E-state index contributed by atoms with van der Waals surface area (Å²) in [7, 11) is 0. The zero-order valence-electron chi connectivity index (χ0n) is 16.4. The van der Waals surface area contributed by atoms with E-state index in [2.05, 4.69) is 20.4 Å². The highest BCUT2D eigenvalue weighted by molar-refractivity contribution is 6.31. The van der Waals surface area contributed by atoms with Crippen LogP contribution in [0.5, 0.6) is 0 Å². The second-order valence-corrected chi connectivity index (χ2v) is 8.25. The Morgan fingerprint density at radius 2 is 1.97 bits per heavy atom. The van der Waals surface area contributed by atoms with Gasteiger partial charge in [0, 0.05) is 28.7 Å². The van der Waals surface area contributed by atoms with Crippen LogP contribution in [0.1, 0.15) is 24.3 Å². The van der Waals surface area contributed by atoms with Crippen molar-refractivity contribution in [3.05, 3.63) is 70.0 Å². The van der Waals surface area contributed by atoms with Crippen LogP contribution in [-0.4, -0.2) is 34.0 Å². The van der Waals surface area contributed by atoms with E-state index in [1.54, 1.807) is 12.1 Å². The smallest absolute Gasteiger partial charge is 0.246 e. The van der Waals surface area contributed by atoms with Gasteiger partial charge < -0.3 is 9.84 Å². The van der Waals surface area contributed by atoms with Crippen LogP contribution < -0.4 is 5.32 Å². The van der Waals surface area contributed by atoms with Gasteiger partial charge >= 0.3 is 0 Å². The second kappa shape index (κ2) is 9.60. The third-order valence-corrected chi connectivity index (χ3v) is 5.83. The molecule has 1 amide bonds.